The van der Waals surface area contributed by atoms with Gasteiger partial charge in [-0.15, -0.1) is 0 Å². The number of nitrogens with one attached hydrogen (secondary N) is 1. The van der Waals surface area contributed by atoms with E-state index in [1.54, 1.807) is 7.05 Å². The van der Waals surface area contributed by atoms with Crippen molar-refractivity contribution in [3.05, 3.63) is 34.3 Å². The molecule has 0 bridgehead atoms. The van der Waals surface area contributed by atoms with Crippen LogP contribution in [0.1, 0.15) is 5.56 Å². The van der Waals surface area contributed by atoms with Gasteiger partial charge in [0, 0.05) is 4.47 Å². The van der Waals surface area contributed by atoms with E-state index in [9.17, 15) is 4.79 Å². The molecular formula is C10H12BrNO2. The van der Waals surface area contributed by atoms with Crippen LogP contribution in [0.5, 0.6) is 0 Å². The van der Waals surface area contributed by atoms with E-state index in [4.69, 9.17) is 5.11 Å². The Bertz CT molecular complexity index is 328. The second kappa shape index (κ2) is 5.12. The largest absolute Gasteiger partial charge is 0.480 e. The molecule has 0 saturated carbocycles. The minimum atomic E-state index is -0.826. The first-order chi connectivity index (χ1) is 6.63. The van der Waals surface area contributed by atoms with Crippen molar-refractivity contribution >= 4 is 21.9 Å². The summed E-state index contributed by atoms with van der Waals surface area (Å²) in [6.45, 7) is 0. The van der Waals surface area contributed by atoms with E-state index in [1.807, 2.05) is 24.3 Å². The van der Waals surface area contributed by atoms with Crippen molar-refractivity contribution in [1.82, 2.24) is 5.32 Å². The summed E-state index contributed by atoms with van der Waals surface area (Å²) in [5, 5.41) is 11.6. The molecule has 0 aliphatic heterocycles. The fourth-order valence-electron chi connectivity index (χ4n) is 1.21. The van der Waals surface area contributed by atoms with Crippen molar-refractivity contribution in [3.8, 4) is 0 Å². The van der Waals surface area contributed by atoms with Gasteiger partial charge in [0.25, 0.3) is 0 Å². The zero-order chi connectivity index (χ0) is 10.6. The van der Waals surface area contributed by atoms with E-state index >= 15 is 0 Å². The molecule has 2 N–H and O–H groups in total. The number of halogens is 1. The lowest BCUT2D eigenvalue weighted by molar-refractivity contribution is -0.139. The number of rotatable bonds is 4. The predicted octanol–water partition coefficient (Wildman–Crippen LogP) is 1.66. The van der Waals surface area contributed by atoms with Gasteiger partial charge in [0.1, 0.15) is 6.04 Å². The van der Waals surface area contributed by atoms with Crippen molar-refractivity contribution in [2.75, 3.05) is 7.05 Å². The molecule has 0 aliphatic rings. The van der Waals surface area contributed by atoms with Gasteiger partial charge in [0.15, 0.2) is 0 Å². The van der Waals surface area contributed by atoms with Gasteiger partial charge in [0.05, 0.1) is 0 Å². The fraction of sp³-hybridized carbons (Fsp3) is 0.300. The van der Waals surface area contributed by atoms with E-state index in [0.29, 0.717) is 6.42 Å². The van der Waals surface area contributed by atoms with Crippen LogP contribution in [0.2, 0.25) is 0 Å². The van der Waals surface area contributed by atoms with Crippen LogP contribution in [0.25, 0.3) is 0 Å². The van der Waals surface area contributed by atoms with Crippen molar-refractivity contribution in [2.45, 2.75) is 12.5 Å². The zero-order valence-electron chi connectivity index (χ0n) is 7.83. The van der Waals surface area contributed by atoms with Crippen LogP contribution in [-0.4, -0.2) is 24.2 Å². The first-order valence-corrected chi connectivity index (χ1v) is 5.07. The average molecular weight is 258 g/mol. The van der Waals surface area contributed by atoms with Crippen LogP contribution in [0, 0.1) is 0 Å². The number of carboxylic acid groups (broad SMARTS) is 1. The summed E-state index contributed by atoms with van der Waals surface area (Å²) in [6.07, 6.45) is 0.491. The van der Waals surface area contributed by atoms with E-state index in [1.165, 1.54) is 0 Å². The van der Waals surface area contributed by atoms with Crippen LogP contribution >= 0.6 is 15.9 Å². The quantitative estimate of drug-likeness (QED) is 0.863. The third-order valence-electron chi connectivity index (χ3n) is 1.98. The highest BCUT2D eigenvalue weighted by molar-refractivity contribution is 9.10. The van der Waals surface area contributed by atoms with E-state index in [-0.39, 0.29) is 0 Å². The van der Waals surface area contributed by atoms with Crippen molar-refractivity contribution < 1.29 is 9.90 Å². The Morgan fingerprint density at radius 3 is 2.86 bits per heavy atom. The van der Waals surface area contributed by atoms with Gasteiger partial charge in [0.2, 0.25) is 0 Å². The molecule has 0 fully saturated rings. The standard InChI is InChI=1S/C10H12BrNO2/c1-12-9(10(13)14)6-7-3-2-4-8(11)5-7/h2-5,9,12H,6H2,1H3,(H,13,14). The molecule has 3 nitrogen and oxygen atoms in total. The highest BCUT2D eigenvalue weighted by atomic mass is 79.9. The lowest BCUT2D eigenvalue weighted by Gasteiger charge is -2.10. The molecule has 0 heterocycles. The molecule has 0 spiro atoms. The molecular weight excluding hydrogens is 246 g/mol. The van der Waals surface area contributed by atoms with Crippen molar-refractivity contribution in [2.24, 2.45) is 0 Å². The third kappa shape index (κ3) is 3.12. The Kier molecular flexibility index (Phi) is 4.10. The van der Waals surface area contributed by atoms with Gasteiger partial charge in [-0.2, -0.15) is 0 Å². The van der Waals surface area contributed by atoms with E-state index in [0.717, 1.165) is 10.0 Å². The van der Waals surface area contributed by atoms with Gasteiger partial charge >= 0.3 is 5.97 Å². The number of likely N-dealkylation sites (N-methyl/N-ethyl adjacent to an activating group) is 1. The molecule has 1 unspecified atom stereocenters. The Hall–Kier alpha value is -0.870. The number of carbonyl (C=O) groups is 1. The molecule has 1 aromatic carbocycles. The lowest BCUT2D eigenvalue weighted by atomic mass is 10.1. The molecule has 1 rings (SSSR count). The summed E-state index contributed by atoms with van der Waals surface area (Å²) in [5.41, 5.74) is 1.00. The molecule has 1 aromatic rings. The monoisotopic (exact) mass is 257 g/mol. The molecule has 76 valence electrons. The Balaban J connectivity index is 2.72. The zero-order valence-corrected chi connectivity index (χ0v) is 9.41. The number of hydrogen-bond donors (Lipinski definition) is 2. The predicted molar refractivity (Wildman–Crippen MR) is 58.3 cm³/mol. The highest BCUT2D eigenvalue weighted by Gasteiger charge is 2.14. The van der Waals surface area contributed by atoms with Crippen LogP contribution in [0.3, 0.4) is 0 Å². The average Bonchev–Trinajstić information content (AvgIpc) is 2.14. The maximum absolute atomic E-state index is 10.7. The van der Waals surface area contributed by atoms with E-state index < -0.39 is 12.0 Å². The summed E-state index contributed by atoms with van der Waals surface area (Å²) in [4.78, 5) is 10.7. The first-order valence-electron chi connectivity index (χ1n) is 4.28. The van der Waals surface area contributed by atoms with E-state index in [2.05, 4.69) is 21.2 Å². The smallest absolute Gasteiger partial charge is 0.321 e. The second-order valence-corrected chi connectivity index (χ2v) is 3.93. The normalized spacial score (nSPS) is 12.4. The summed E-state index contributed by atoms with van der Waals surface area (Å²) in [6, 6.07) is 7.13. The van der Waals surface area contributed by atoms with Crippen LogP contribution in [-0.2, 0) is 11.2 Å². The summed E-state index contributed by atoms with van der Waals surface area (Å²) < 4.78 is 0.968. The van der Waals surface area contributed by atoms with Gasteiger partial charge in [-0.05, 0) is 31.2 Å². The molecule has 14 heavy (non-hydrogen) atoms. The topological polar surface area (TPSA) is 49.3 Å². The fourth-order valence-corrected chi connectivity index (χ4v) is 1.66. The second-order valence-electron chi connectivity index (χ2n) is 3.01. The summed E-state index contributed by atoms with van der Waals surface area (Å²) in [5.74, 6) is -0.826. The Morgan fingerprint density at radius 2 is 2.36 bits per heavy atom. The summed E-state index contributed by atoms with van der Waals surface area (Å²) in [7, 11) is 1.65. The van der Waals surface area contributed by atoms with Gasteiger partial charge in [-0.3, -0.25) is 4.79 Å². The minimum absolute atomic E-state index is 0.491. The number of aliphatic carboxylic acids is 1. The van der Waals surface area contributed by atoms with Crippen molar-refractivity contribution in [3.63, 3.8) is 0 Å². The minimum Gasteiger partial charge on any atom is -0.480 e. The molecule has 0 aliphatic carbocycles. The van der Waals surface area contributed by atoms with Gasteiger partial charge in [-0.1, -0.05) is 28.1 Å². The number of carboxylic acids is 1. The maximum Gasteiger partial charge on any atom is 0.321 e. The highest BCUT2D eigenvalue weighted by Crippen LogP contribution is 2.13. The number of benzene rings is 1. The van der Waals surface area contributed by atoms with Gasteiger partial charge in [-0.25, -0.2) is 0 Å². The Labute approximate surface area is 91.3 Å². The maximum atomic E-state index is 10.7. The van der Waals surface area contributed by atoms with Crippen LogP contribution < -0.4 is 5.32 Å². The molecule has 0 amide bonds. The van der Waals surface area contributed by atoms with Crippen LogP contribution in [0.15, 0.2) is 28.7 Å². The van der Waals surface area contributed by atoms with Crippen LogP contribution in [0.4, 0.5) is 0 Å². The molecule has 0 radical (unpaired) electrons. The van der Waals surface area contributed by atoms with Crippen molar-refractivity contribution in [1.29, 1.82) is 0 Å². The SMILES string of the molecule is CNC(Cc1cccc(Br)c1)C(=O)O. The Morgan fingerprint density at radius 1 is 1.64 bits per heavy atom. The third-order valence-corrected chi connectivity index (χ3v) is 2.47. The first kappa shape index (κ1) is 11.2. The summed E-state index contributed by atoms with van der Waals surface area (Å²) >= 11 is 3.34. The molecule has 0 aromatic heterocycles. The lowest BCUT2D eigenvalue weighted by Crippen LogP contribution is -2.35. The molecule has 0 saturated heterocycles. The molecule has 1 atom stereocenters. The number of hydrogen-bond acceptors (Lipinski definition) is 2. The van der Waals surface area contributed by atoms with Gasteiger partial charge < -0.3 is 10.4 Å². The molecule has 4 heteroatoms.